The molecule has 2 saturated heterocycles. The predicted molar refractivity (Wildman–Crippen MR) is 118 cm³/mol. The van der Waals surface area contributed by atoms with E-state index in [-0.39, 0.29) is 23.8 Å². The third-order valence-corrected chi connectivity index (χ3v) is 6.28. The zero-order valence-electron chi connectivity index (χ0n) is 17.5. The van der Waals surface area contributed by atoms with Crippen LogP contribution in [0.25, 0.3) is 0 Å². The molecule has 30 heavy (non-hydrogen) atoms. The second-order valence-electron chi connectivity index (χ2n) is 8.52. The maximum Gasteiger partial charge on any atom is 0.225 e. The van der Waals surface area contributed by atoms with Crippen molar-refractivity contribution >= 4 is 11.8 Å². The number of carbonyl (C=O) groups is 2. The normalized spacial score (nSPS) is 20.5. The van der Waals surface area contributed by atoms with Gasteiger partial charge in [0.2, 0.25) is 11.8 Å². The standard InChI is InChI=1S/C25H31N3O2/c29-24-17-22(19-28(24)16-11-20-7-3-1-4-8-20)25(30)26-23-12-14-27(15-13-23)18-21-9-5-2-6-10-21/h1-10,22-23H,11-19H2,(H,26,30)/t22-/m0/s1. The lowest BCUT2D eigenvalue weighted by molar-refractivity contribution is -0.129. The molecule has 0 radical (unpaired) electrons. The zero-order valence-corrected chi connectivity index (χ0v) is 17.5. The number of amides is 2. The summed E-state index contributed by atoms with van der Waals surface area (Å²) in [5, 5.41) is 3.22. The lowest BCUT2D eigenvalue weighted by atomic mass is 10.0. The van der Waals surface area contributed by atoms with Gasteiger partial charge in [0, 0.05) is 45.2 Å². The first-order valence-electron chi connectivity index (χ1n) is 11.1. The number of hydrogen-bond donors (Lipinski definition) is 1. The Hall–Kier alpha value is -2.66. The van der Waals surface area contributed by atoms with Crippen molar-refractivity contribution in [3.05, 3.63) is 71.8 Å². The van der Waals surface area contributed by atoms with Crippen LogP contribution >= 0.6 is 0 Å². The van der Waals surface area contributed by atoms with Crippen molar-refractivity contribution in [2.75, 3.05) is 26.2 Å². The monoisotopic (exact) mass is 405 g/mol. The van der Waals surface area contributed by atoms with Crippen molar-refractivity contribution in [2.24, 2.45) is 5.92 Å². The van der Waals surface area contributed by atoms with E-state index in [1.54, 1.807) is 0 Å². The zero-order chi connectivity index (χ0) is 20.8. The van der Waals surface area contributed by atoms with Crippen LogP contribution in [-0.4, -0.2) is 53.8 Å². The lowest BCUT2D eigenvalue weighted by Crippen LogP contribution is -2.46. The quantitative estimate of drug-likeness (QED) is 0.771. The Kier molecular flexibility index (Phi) is 6.80. The number of likely N-dealkylation sites (tertiary alicyclic amines) is 2. The molecule has 2 aromatic rings. The van der Waals surface area contributed by atoms with Gasteiger partial charge in [-0.25, -0.2) is 0 Å². The van der Waals surface area contributed by atoms with Crippen molar-refractivity contribution < 1.29 is 9.59 Å². The summed E-state index contributed by atoms with van der Waals surface area (Å²) in [6, 6.07) is 20.9. The third kappa shape index (κ3) is 5.48. The molecule has 4 rings (SSSR count). The molecule has 2 aliphatic rings. The average Bonchev–Trinajstić information content (AvgIpc) is 3.16. The van der Waals surface area contributed by atoms with E-state index in [9.17, 15) is 9.59 Å². The molecule has 0 aliphatic carbocycles. The minimum absolute atomic E-state index is 0.0482. The maximum absolute atomic E-state index is 12.7. The third-order valence-electron chi connectivity index (χ3n) is 6.28. The van der Waals surface area contributed by atoms with Crippen molar-refractivity contribution in [1.82, 2.24) is 15.1 Å². The second-order valence-corrected chi connectivity index (χ2v) is 8.52. The highest BCUT2D eigenvalue weighted by molar-refractivity contribution is 5.89. The van der Waals surface area contributed by atoms with Crippen LogP contribution in [0.5, 0.6) is 0 Å². The fraction of sp³-hybridized carbons (Fsp3) is 0.440. The minimum atomic E-state index is -0.212. The second kappa shape index (κ2) is 9.90. The molecular weight excluding hydrogens is 374 g/mol. The molecule has 2 aromatic carbocycles. The number of piperidine rings is 1. The van der Waals surface area contributed by atoms with Crippen molar-refractivity contribution in [1.29, 1.82) is 0 Å². The van der Waals surface area contributed by atoms with Crippen molar-refractivity contribution in [2.45, 2.75) is 38.3 Å². The first kappa shape index (κ1) is 20.6. The predicted octanol–water partition coefficient (Wildman–Crippen LogP) is 2.86. The van der Waals surface area contributed by atoms with Gasteiger partial charge < -0.3 is 10.2 Å². The van der Waals surface area contributed by atoms with Gasteiger partial charge in [0.05, 0.1) is 5.92 Å². The molecule has 158 valence electrons. The highest BCUT2D eigenvalue weighted by atomic mass is 16.2. The summed E-state index contributed by atoms with van der Waals surface area (Å²) in [7, 11) is 0. The molecule has 0 aromatic heterocycles. The molecule has 1 atom stereocenters. The van der Waals surface area contributed by atoms with Crippen LogP contribution in [-0.2, 0) is 22.6 Å². The first-order valence-corrected chi connectivity index (χ1v) is 11.1. The van der Waals surface area contributed by atoms with Gasteiger partial charge in [-0.1, -0.05) is 60.7 Å². The minimum Gasteiger partial charge on any atom is -0.353 e. The van der Waals surface area contributed by atoms with Crippen LogP contribution in [0.4, 0.5) is 0 Å². The Labute approximate surface area is 179 Å². The number of rotatable bonds is 7. The van der Waals surface area contributed by atoms with E-state index in [2.05, 4.69) is 46.6 Å². The van der Waals surface area contributed by atoms with E-state index >= 15 is 0 Å². The van der Waals surface area contributed by atoms with Gasteiger partial charge >= 0.3 is 0 Å². The smallest absolute Gasteiger partial charge is 0.225 e. The lowest BCUT2D eigenvalue weighted by Gasteiger charge is -2.32. The van der Waals surface area contributed by atoms with Crippen molar-refractivity contribution in [3.8, 4) is 0 Å². The van der Waals surface area contributed by atoms with Gasteiger partial charge in [-0.05, 0) is 30.4 Å². The number of nitrogens with one attached hydrogen (secondary N) is 1. The van der Waals surface area contributed by atoms with Gasteiger partial charge in [-0.3, -0.25) is 14.5 Å². The molecule has 0 bridgehead atoms. The van der Waals surface area contributed by atoms with Crippen LogP contribution < -0.4 is 5.32 Å². The average molecular weight is 406 g/mol. The molecule has 1 N–H and O–H groups in total. The molecule has 0 unspecified atom stereocenters. The van der Waals surface area contributed by atoms with Crippen LogP contribution in [0.3, 0.4) is 0 Å². The Morgan fingerprint density at radius 2 is 1.57 bits per heavy atom. The molecule has 0 saturated carbocycles. The van der Waals surface area contributed by atoms with E-state index in [1.807, 2.05) is 29.2 Å². The van der Waals surface area contributed by atoms with Gasteiger partial charge in [0.15, 0.2) is 0 Å². The van der Waals surface area contributed by atoms with Crippen molar-refractivity contribution in [3.63, 3.8) is 0 Å². The SMILES string of the molecule is O=C(NC1CCN(Cc2ccccc2)CC1)[C@H]1CC(=O)N(CCc2ccccc2)C1. The number of carbonyl (C=O) groups excluding carboxylic acids is 2. The fourth-order valence-electron chi connectivity index (χ4n) is 4.47. The molecule has 0 spiro atoms. The number of benzene rings is 2. The van der Waals surface area contributed by atoms with E-state index in [1.165, 1.54) is 11.1 Å². The molecule has 2 amide bonds. The molecule has 5 heteroatoms. The largest absolute Gasteiger partial charge is 0.353 e. The Balaban J connectivity index is 1.19. The van der Waals surface area contributed by atoms with E-state index in [0.717, 1.165) is 38.9 Å². The summed E-state index contributed by atoms with van der Waals surface area (Å²) in [6.45, 7) is 4.18. The highest BCUT2D eigenvalue weighted by Gasteiger charge is 2.35. The Morgan fingerprint density at radius 3 is 2.23 bits per heavy atom. The number of hydrogen-bond acceptors (Lipinski definition) is 3. The van der Waals surface area contributed by atoms with E-state index in [4.69, 9.17) is 0 Å². The summed E-state index contributed by atoms with van der Waals surface area (Å²) in [5.74, 6) is -0.0635. The Bertz CT molecular complexity index is 832. The molecule has 5 nitrogen and oxygen atoms in total. The topological polar surface area (TPSA) is 52.7 Å². The highest BCUT2D eigenvalue weighted by Crippen LogP contribution is 2.20. The summed E-state index contributed by atoms with van der Waals surface area (Å²) in [6.07, 6.45) is 3.11. The molecular formula is C25H31N3O2. The van der Waals surface area contributed by atoms with Crippen LogP contribution in [0.2, 0.25) is 0 Å². The first-order chi connectivity index (χ1) is 14.7. The van der Waals surface area contributed by atoms with Gasteiger partial charge in [0.1, 0.15) is 0 Å². The summed E-state index contributed by atoms with van der Waals surface area (Å²) >= 11 is 0. The molecule has 2 fully saturated rings. The summed E-state index contributed by atoms with van der Waals surface area (Å²) in [5.41, 5.74) is 2.56. The van der Waals surface area contributed by atoms with Crippen LogP contribution in [0.15, 0.2) is 60.7 Å². The summed E-state index contributed by atoms with van der Waals surface area (Å²) < 4.78 is 0. The van der Waals surface area contributed by atoms with Gasteiger partial charge in [0.25, 0.3) is 0 Å². The maximum atomic E-state index is 12.7. The van der Waals surface area contributed by atoms with E-state index in [0.29, 0.717) is 19.5 Å². The number of nitrogens with zero attached hydrogens (tertiary/aromatic N) is 2. The fourth-order valence-corrected chi connectivity index (χ4v) is 4.47. The Morgan fingerprint density at radius 1 is 0.933 bits per heavy atom. The van der Waals surface area contributed by atoms with E-state index < -0.39 is 0 Å². The van der Waals surface area contributed by atoms with Crippen LogP contribution in [0, 0.1) is 5.92 Å². The molecule has 2 aliphatic heterocycles. The summed E-state index contributed by atoms with van der Waals surface area (Å²) in [4.78, 5) is 29.4. The van der Waals surface area contributed by atoms with Crippen LogP contribution in [0.1, 0.15) is 30.4 Å². The van der Waals surface area contributed by atoms with Gasteiger partial charge in [-0.2, -0.15) is 0 Å². The van der Waals surface area contributed by atoms with Gasteiger partial charge in [-0.15, -0.1) is 0 Å². The molecule has 2 heterocycles.